The molecule has 1 saturated heterocycles. The van der Waals surface area contributed by atoms with Gasteiger partial charge in [0.1, 0.15) is 5.82 Å². The van der Waals surface area contributed by atoms with E-state index in [0.717, 1.165) is 44.2 Å². The maximum Gasteiger partial charge on any atom is 0.123 e. The van der Waals surface area contributed by atoms with Gasteiger partial charge in [0.15, 0.2) is 0 Å². The fourth-order valence-electron chi connectivity index (χ4n) is 3.73. The van der Waals surface area contributed by atoms with Crippen molar-refractivity contribution in [3.8, 4) is 0 Å². The van der Waals surface area contributed by atoms with E-state index in [4.69, 9.17) is 4.74 Å². The zero-order chi connectivity index (χ0) is 17.3. The van der Waals surface area contributed by atoms with E-state index in [2.05, 4.69) is 35.6 Å². The van der Waals surface area contributed by atoms with E-state index in [1.807, 2.05) is 12.1 Å². The van der Waals surface area contributed by atoms with Crippen molar-refractivity contribution in [3.05, 3.63) is 71.5 Å². The van der Waals surface area contributed by atoms with Gasteiger partial charge in [-0.25, -0.2) is 4.39 Å². The molecule has 25 heavy (non-hydrogen) atoms. The average molecular weight is 341 g/mol. The molecule has 1 atom stereocenters. The SMILES string of the molecule is Fc1ccc(CNCCC(Cc2ccccc2)C2CCOCC2)cc1. The molecule has 2 aromatic rings. The van der Waals surface area contributed by atoms with Crippen LogP contribution in [0.2, 0.25) is 0 Å². The van der Waals surface area contributed by atoms with Crippen LogP contribution in [0.4, 0.5) is 4.39 Å². The van der Waals surface area contributed by atoms with E-state index in [1.54, 1.807) is 0 Å². The normalized spacial score (nSPS) is 16.7. The van der Waals surface area contributed by atoms with Gasteiger partial charge in [0.2, 0.25) is 0 Å². The Kier molecular flexibility index (Phi) is 7.01. The lowest BCUT2D eigenvalue weighted by Crippen LogP contribution is -2.28. The molecule has 0 spiro atoms. The summed E-state index contributed by atoms with van der Waals surface area (Å²) in [5, 5.41) is 3.52. The average Bonchev–Trinajstić information content (AvgIpc) is 2.67. The standard InChI is InChI=1S/C22H28FNO/c23-22-8-6-19(7-9-22)17-24-13-10-21(20-11-14-25-15-12-20)16-18-4-2-1-3-5-18/h1-9,20-21,24H,10-17H2. The molecule has 0 radical (unpaired) electrons. The highest BCUT2D eigenvalue weighted by molar-refractivity contribution is 5.16. The second-order valence-corrected chi connectivity index (χ2v) is 6.99. The molecule has 0 saturated carbocycles. The van der Waals surface area contributed by atoms with Crippen LogP contribution in [0.3, 0.4) is 0 Å². The summed E-state index contributed by atoms with van der Waals surface area (Å²) < 4.78 is 18.5. The highest BCUT2D eigenvalue weighted by atomic mass is 19.1. The molecule has 0 amide bonds. The van der Waals surface area contributed by atoms with E-state index in [-0.39, 0.29) is 5.82 Å². The molecule has 1 N–H and O–H groups in total. The van der Waals surface area contributed by atoms with Crippen molar-refractivity contribution >= 4 is 0 Å². The minimum Gasteiger partial charge on any atom is -0.381 e. The first-order chi connectivity index (χ1) is 12.3. The molecule has 134 valence electrons. The first-order valence-corrected chi connectivity index (χ1v) is 9.38. The van der Waals surface area contributed by atoms with Crippen molar-refractivity contribution in [2.45, 2.75) is 32.2 Å². The number of nitrogens with one attached hydrogen (secondary N) is 1. The molecular weight excluding hydrogens is 313 g/mol. The third kappa shape index (κ3) is 5.94. The van der Waals surface area contributed by atoms with E-state index in [0.29, 0.717) is 5.92 Å². The Morgan fingerprint density at radius 2 is 1.68 bits per heavy atom. The van der Waals surface area contributed by atoms with Crippen LogP contribution in [0, 0.1) is 17.7 Å². The van der Waals surface area contributed by atoms with Crippen molar-refractivity contribution in [1.82, 2.24) is 5.32 Å². The molecular formula is C22H28FNO. The summed E-state index contributed by atoms with van der Waals surface area (Å²) in [7, 11) is 0. The summed E-state index contributed by atoms with van der Waals surface area (Å²) >= 11 is 0. The second kappa shape index (κ2) is 9.69. The molecule has 1 aliphatic rings. The maximum atomic E-state index is 13.0. The van der Waals surface area contributed by atoms with Crippen LogP contribution in [-0.4, -0.2) is 19.8 Å². The first-order valence-electron chi connectivity index (χ1n) is 9.38. The molecule has 2 nitrogen and oxygen atoms in total. The Morgan fingerprint density at radius 1 is 0.960 bits per heavy atom. The smallest absolute Gasteiger partial charge is 0.123 e. The zero-order valence-electron chi connectivity index (χ0n) is 14.8. The summed E-state index contributed by atoms with van der Waals surface area (Å²) in [5.74, 6) is 1.26. The Labute approximate surface area is 150 Å². The van der Waals surface area contributed by atoms with Crippen molar-refractivity contribution in [2.24, 2.45) is 11.8 Å². The van der Waals surface area contributed by atoms with E-state index in [1.165, 1.54) is 37.0 Å². The van der Waals surface area contributed by atoms with Gasteiger partial charge in [0, 0.05) is 19.8 Å². The molecule has 2 aromatic carbocycles. The molecule has 3 rings (SSSR count). The van der Waals surface area contributed by atoms with Crippen LogP contribution >= 0.6 is 0 Å². The fraction of sp³-hybridized carbons (Fsp3) is 0.455. The first kappa shape index (κ1) is 18.1. The number of ether oxygens (including phenoxy) is 1. The summed E-state index contributed by atoms with van der Waals surface area (Å²) in [6.45, 7) is 3.59. The Bertz CT molecular complexity index is 608. The minimum absolute atomic E-state index is 0.175. The number of hydrogen-bond donors (Lipinski definition) is 1. The Hall–Kier alpha value is -1.71. The van der Waals surface area contributed by atoms with Crippen LogP contribution in [0.15, 0.2) is 54.6 Å². The molecule has 0 aliphatic carbocycles. The van der Waals surface area contributed by atoms with Crippen LogP contribution in [-0.2, 0) is 17.7 Å². The van der Waals surface area contributed by atoms with Gasteiger partial charge in [0.25, 0.3) is 0 Å². The van der Waals surface area contributed by atoms with Crippen molar-refractivity contribution in [3.63, 3.8) is 0 Å². The number of halogens is 1. The summed E-state index contributed by atoms with van der Waals surface area (Å²) in [6.07, 6.45) is 4.66. The van der Waals surface area contributed by atoms with Gasteiger partial charge < -0.3 is 10.1 Å². The predicted octanol–water partition coefficient (Wildman–Crippen LogP) is 4.59. The van der Waals surface area contributed by atoms with Gasteiger partial charge in [-0.1, -0.05) is 42.5 Å². The Morgan fingerprint density at radius 3 is 2.40 bits per heavy atom. The number of hydrogen-bond acceptors (Lipinski definition) is 2. The molecule has 1 unspecified atom stereocenters. The van der Waals surface area contributed by atoms with Gasteiger partial charge in [-0.2, -0.15) is 0 Å². The summed E-state index contributed by atoms with van der Waals surface area (Å²) in [6, 6.07) is 17.6. The van der Waals surface area contributed by atoms with Crippen molar-refractivity contribution in [2.75, 3.05) is 19.8 Å². The minimum atomic E-state index is -0.175. The van der Waals surface area contributed by atoms with Gasteiger partial charge in [-0.3, -0.25) is 0 Å². The largest absolute Gasteiger partial charge is 0.381 e. The number of rotatable bonds is 8. The number of benzene rings is 2. The van der Waals surface area contributed by atoms with Crippen LogP contribution in [0.1, 0.15) is 30.4 Å². The van der Waals surface area contributed by atoms with Crippen LogP contribution < -0.4 is 5.32 Å². The lowest BCUT2D eigenvalue weighted by molar-refractivity contribution is 0.0449. The zero-order valence-corrected chi connectivity index (χ0v) is 14.8. The third-order valence-electron chi connectivity index (χ3n) is 5.21. The molecule has 1 aliphatic heterocycles. The topological polar surface area (TPSA) is 21.3 Å². The van der Waals surface area contributed by atoms with Crippen molar-refractivity contribution < 1.29 is 9.13 Å². The lowest BCUT2D eigenvalue weighted by Gasteiger charge is -2.30. The van der Waals surface area contributed by atoms with E-state index >= 15 is 0 Å². The monoisotopic (exact) mass is 341 g/mol. The van der Waals surface area contributed by atoms with E-state index in [9.17, 15) is 4.39 Å². The van der Waals surface area contributed by atoms with Crippen LogP contribution in [0.25, 0.3) is 0 Å². The molecule has 0 aromatic heterocycles. The highest BCUT2D eigenvalue weighted by Crippen LogP contribution is 2.29. The molecule has 0 bridgehead atoms. The fourth-order valence-corrected chi connectivity index (χ4v) is 3.73. The maximum absolute atomic E-state index is 13.0. The van der Waals surface area contributed by atoms with Gasteiger partial charge >= 0.3 is 0 Å². The quantitative estimate of drug-likeness (QED) is 0.709. The van der Waals surface area contributed by atoms with Gasteiger partial charge in [-0.15, -0.1) is 0 Å². The van der Waals surface area contributed by atoms with Gasteiger partial charge in [0.05, 0.1) is 0 Å². The molecule has 1 heterocycles. The predicted molar refractivity (Wildman–Crippen MR) is 99.9 cm³/mol. The van der Waals surface area contributed by atoms with Crippen molar-refractivity contribution in [1.29, 1.82) is 0 Å². The summed E-state index contributed by atoms with van der Waals surface area (Å²) in [4.78, 5) is 0. The second-order valence-electron chi connectivity index (χ2n) is 6.99. The third-order valence-corrected chi connectivity index (χ3v) is 5.21. The van der Waals surface area contributed by atoms with E-state index < -0.39 is 0 Å². The highest BCUT2D eigenvalue weighted by Gasteiger charge is 2.23. The molecule has 3 heteroatoms. The van der Waals surface area contributed by atoms with Crippen LogP contribution in [0.5, 0.6) is 0 Å². The summed E-state index contributed by atoms with van der Waals surface area (Å²) in [5.41, 5.74) is 2.56. The van der Waals surface area contributed by atoms with Gasteiger partial charge in [-0.05, 0) is 67.3 Å². The molecule has 1 fully saturated rings. The Balaban J connectivity index is 1.50. The lowest BCUT2D eigenvalue weighted by atomic mass is 9.80.